The molecule has 10 heteroatoms. The van der Waals surface area contributed by atoms with Gasteiger partial charge in [0.25, 0.3) is 0 Å². The average Bonchev–Trinajstić information content (AvgIpc) is 3.61. The van der Waals surface area contributed by atoms with Crippen molar-refractivity contribution in [1.29, 1.82) is 0 Å². The highest BCUT2D eigenvalue weighted by molar-refractivity contribution is 7.99. The molecule has 2 aromatic carbocycles. The van der Waals surface area contributed by atoms with Crippen LogP contribution in [0.1, 0.15) is 31.0 Å². The van der Waals surface area contributed by atoms with Crippen LogP contribution in [0, 0.1) is 0 Å². The lowest BCUT2D eigenvalue weighted by Crippen LogP contribution is -2.35. The average molecular weight is 466 g/mol. The standard InChI is InChI=1S/C23H23N5O4S/c29-20(25-22(30)24-16-9-10-18-19(13-16)32-12-4-11-31-18)14-33-23-26-21(15-7-8-15)28(27-23)17-5-2-1-3-6-17/h1-3,5-6,9-10,13,15H,4,7-8,11-12,14H2,(H2,24,25,29,30). The predicted octanol–water partition coefficient (Wildman–Crippen LogP) is 3.75. The third kappa shape index (κ3) is 5.28. The number of hydrogen-bond acceptors (Lipinski definition) is 7. The Morgan fingerprint density at radius 3 is 2.64 bits per heavy atom. The molecule has 1 aromatic heterocycles. The summed E-state index contributed by atoms with van der Waals surface area (Å²) in [6.45, 7) is 1.14. The number of aromatic nitrogens is 3. The first-order valence-electron chi connectivity index (χ1n) is 10.8. The van der Waals surface area contributed by atoms with Crippen LogP contribution in [0.5, 0.6) is 11.5 Å². The molecule has 0 atom stereocenters. The summed E-state index contributed by atoms with van der Waals surface area (Å²) < 4.78 is 13.0. The molecule has 170 valence electrons. The van der Waals surface area contributed by atoms with Crippen molar-refractivity contribution in [1.82, 2.24) is 20.1 Å². The van der Waals surface area contributed by atoms with Gasteiger partial charge >= 0.3 is 6.03 Å². The maximum Gasteiger partial charge on any atom is 0.325 e. The summed E-state index contributed by atoms with van der Waals surface area (Å²) in [5.74, 6) is 2.11. The Balaban J connectivity index is 1.17. The number of nitrogens with one attached hydrogen (secondary N) is 2. The van der Waals surface area contributed by atoms with Crippen molar-refractivity contribution in [3.63, 3.8) is 0 Å². The third-order valence-electron chi connectivity index (χ3n) is 5.15. The van der Waals surface area contributed by atoms with Crippen LogP contribution in [0.4, 0.5) is 10.5 Å². The lowest BCUT2D eigenvalue weighted by atomic mass is 10.3. The van der Waals surface area contributed by atoms with Gasteiger partial charge in [0, 0.05) is 24.1 Å². The largest absolute Gasteiger partial charge is 0.490 e. The summed E-state index contributed by atoms with van der Waals surface area (Å²) in [6.07, 6.45) is 2.98. The smallest absolute Gasteiger partial charge is 0.325 e. The number of anilines is 1. The Hall–Kier alpha value is -3.53. The van der Waals surface area contributed by atoms with Gasteiger partial charge in [0.1, 0.15) is 5.82 Å². The molecule has 2 N–H and O–H groups in total. The highest BCUT2D eigenvalue weighted by Crippen LogP contribution is 2.40. The van der Waals surface area contributed by atoms with Gasteiger partial charge in [0.05, 0.1) is 24.7 Å². The number of ether oxygens (including phenoxy) is 2. The molecule has 0 spiro atoms. The number of urea groups is 1. The Labute approximate surface area is 194 Å². The van der Waals surface area contributed by atoms with E-state index in [1.165, 1.54) is 11.8 Å². The number of thioether (sulfide) groups is 1. The molecule has 1 saturated carbocycles. The molecule has 2 aliphatic rings. The number of hydrogen-bond donors (Lipinski definition) is 2. The number of nitrogens with zero attached hydrogens (tertiary/aromatic N) is 3. The molecule has 1 aliphatic heterocycles. The zero-order valence-corrected chi connectivity index (χ0v) is 18.6. The van der Waals surface area contributed by atoms with Crippen LogP contribution < -0.4 is 20.1 Å². The van der Waals surface area contributed by atoms with Crippen LogP contribution in [0.3, 0.4) is 0 Å². The van der Waals surface area contributed by atoms with E-state index >= 15 is 0 Å². The number of benzene rings is 2. The first-order chi connectivity index (χ1) is 16.2. The van der Waals surface area contributed by atoms with E-state index in [-0.39, 0.29) is 5.75 Å². The van der Waals surface area contributed by atoms with Gasteiger partial charge in [-0.25, -0.2) is 14.5 Å². The van der Waals surface area contributed by atoms with Crippen molar-refractivity contribution in [3.8, 4) is 17.2 Å². The fourth-order valence-electron chi connectivity index (χ4n) is 3.43. The molecular weight excluding hydrogens is 442 g/mol. The number of fused-ring (bicyclic) bond motifs is 1. The minimum atomic E-state index is -0.614. The van der Waals surface area contributed by atoms with E-state index in [0.29, 0.717) is 41.5 Å². The third-order valence-corrected chi connectivity index (χ3v) is 5.98. The highest BCUT2D eigenvalue weighted by Gasteiger charge is 2.30. The second-order valence-electron chi connectivity index (χ2n) is 7.78. The van der Waals surface area contributed by atoms with Gasteiger partial charge in [-0.15, -0.1) is 5.10 Å². The van der Waals surface area contributed by atoms with Crippen LogP contribution in [-0.2, 0) is 4.79 Å². The van der Waals surface area contributed by atoms with Crippen LogP contribution >= 0.6 is 11.8 Å². The fourth-order valence-corrected chi connectivity index (χ4v) is 4.06. The molecule has 0 bridgehead atoms. The maximum absolute atomic E-state index is 12.3. The van der Waals surface area contributed by atoms with Gasteiger partial charge in [-0.2, -0.15) is 0 Å². The number of rotatable bonds is 6. The molecule has 3 amide bonds. The summed E-state index contributed by atoms with van der Waals surface area (Å²) >= 11 is 1.20. The number of imide groups is 1. The molecule has 0 radical (unpaired) electrons. The van der Waals surface area contributed by atoms with Crippen LogP contribution in [0.15, 0.2) is 53.7 Å². The van der Waals surface area contributed by atoms with Gasteiger partial charge in [0.2, 0.25) is 11.1 Å². The first kappa shape index (κ1) is 21.3. The van der Waals surface area contributed by atoms with Crippen molar-refractivity contribution < 1.29 is 19.1 Å². The zero-order valence-electron chi connectivity index (χ0n) is 17.8. The van der Waals surface area contributed by atoms with Crippen molar-refractivity contribution >= 4 is 29.4 Å². The number of carbonyl (C=O) groups is 2. The number of carbonyl (C=O) groups excluding carboxylic acids is 2. The van der Waals surface area contributed by atoms with Gasteiger partial charge in [-0.05, 0) is 37.1 Å². The maximum atomic E-state index is 12.3. The van der Waals surface area contributed by atoms with Gasteiger partial charge in [-0.3, -0.25) is 10.1 Å². The van der Waals surface area contributed by atoms with Gasteiger partial charge in [-0.1, -0.05) is 30.0 Å². The molecule has 1 fully saturated rings. The Morgan fingerprint density at radius 2 is 1.85 bits per heavy atom. The minimum Gasteiger partial charge on any atom is -0.490 e. The monoisotopic (exact) mass is 465 g/mol. The van der Waals surface area contributed by atoms with Crippen LogP contribution in [-0.4, -0.2) is 45.7 Å². The van der Waals surface area contributed by atoms with Gasteiger partial charge < -0.3 is 14.8 Å². The minimum absolute atomic E-state index is 0.0253. The van der Waals surface area contributed by atoms with E-state index in [2.05, 4.69) is 20.7 Å². The van der Waals surface area contributed by atoms with E-state index in [1.54, 1.807) is 18.2 Å². The van der Waals surface area contributed by atoms with Crippen molar-refractivity contribution in [2.75, 3.05) is 24.3 Å². The van der Waals surface area contributed by atoms with Crippen molar-refractivity contribution in [2.45, 2.75) is 30.3 Å². The van der Waals surface area contributed by atoms with Crippen LogP contribution in [0.25, 0.3) is 5.69 Å². The molecule has 3 aromatic rings. The highest BCUT2D eigenvalue weighted by atomic mass is 32.2. The summed E-state index contributed by atoms with van der Waals surface area (Å²) in [5, 5.41) is 10.1. The second kappa shape index (κ2) is 9.53. The molecule has 0 unspecified atom stereocenters. The van der Waals surface area contributed by atoms with Crippen molar-refractivity contribution in [2.24, 2.45) is 0 Å². The summed E-state index contributed by atoms with van der Waals surface area (Å²) in [4.78, 5) is 29.2. The van der Waals surface area contributed by atoms with Gasteiger partial charge in [0.15, 0.2) is 11.5 Å². The Morgan fingerprint density at radius 1 is 1.06 bits per heavy atom. The number of amides is 3. The summed E-state index contributed by atoms with van der Waals surface area (Å²) in [7, 11) is 0. The zero-order chi connectivity index (χ0) is 22.6. The molecule has 2 heterocycles. The molecule has 9 nitrogen and oxygen atoms in total. The lowest BCUT2D eigenvalue weighted by molar-refractivity contribution is -0.117. The van der Waals surface area contributed by atoms with Crippen LogP contribution in [0.2, 0.25) is 0 Å². The van der Waals surface area contributed by atoms with E-state index in [1.807, 2.05) is 35.0 Å². The Kier molecular flexibility index (Phi) is 6.16. The van der Waals surface area contributed by atoms with E-state index in [9.17, 15) is 9.59 Å². The van der Waals surface area contributed by atoms with Crippen molar-refractivity contribution in [3.05, 3.63) is 54.4 Å². The predicted molar refractivity (Wildman–Crippen MR) is 123 cm³/mol. The number of para-hydroxylation sites is 1. The normalized spacial score (nSPS) is 14.9. The first-order valence-corrected chi connectivity index (χ1v) is 11.8. The molecule has 33 heavy (non-hydrogen) atoms. The Bertz CT molecular complexity index is 1160. The molecule has 0 saturated heterocycles. The lowest BCUT2D eigenvalue weighted by Gasteiger charge is -2.10. The van der Waals surface area contributed by atoms with E-state index in [0.717, 1.165) is 30.8 Å². The topological polar surface area (TPSA) is 107 Å². The second-order valence-corrected chi connectivity index (χ2v) is 8.72. The van der Waals surface area contributed by atoms with E-state index in [4.69, 9.17) is 9.47 Å². The molecule has 5 rings (SSSR count). The quantitative estimate of drug-likeness (QED) is 0.534. The summed E-state index contributed by atoms with van der Waals surface area (Å²) in [6, 6.07) is 14.3. The van der Waals surface area contributed by atoms with E-state index < -0.39 is 11.9 Å². The molecular formula is C23H23N5O4S. The fraction of sp³-hybridized carbons (Fsp3) is 0.304. The SMILES string of the molecule is O=C(CSc1nc(C2CC2)n(-c2ccccc2)n1)NC(=O)Nc1ccc2c(c1)OCCCO2. The summed E-state index contributed by atoms with van der Waals surface area (Å²) in [5.41, 5.74) is 1.45. The molecule has 1 aliphatic carbocycles.